The van der Waals surface area contributed by atoms with Crippen LogP contribution in [0.2, 0.25) is 5.02 Å². The van der Waals surface area contributed by atoms with E-state index in [1.807, 2.05) is 12.1 Å². The molecule has 0 unspecified atom stereocenters. The van der Waals surface area contributed by atoms with E-state index in [4.69, 9.17) is 11.6 Å². The molecule has 2 aromatic rings. The molecule has 0 aliphatic carbocycles. The lowest BCUT2D eigenvalue weighted by molar-refractivity contribution is -0.116. The van der Waals surface area contributed by atoms with Crippen LogP contribution in [0.1, 0.15) is 18.9 Å². The van der Waals surface area contributed by atoms with E-state index in [1.165, 1.54) is 6.08 Å². The van der Waals surface area contributed by atoms with Gasteiger partial charge in [-0.25, -0.2) is 0 Å². The van der Waals surface area contributed by atoms with Crippen LogP contribution in [0.15, 0.2) is 54.6 Å². The summed E-state index contributed by atoms with van der Waals surface area (Å²) in [5.41, 5.74) is 2.15. The number of benzene rings is 2. The molecule has 0 radical (unpaired) electrons. The van der Waals surface area contributed by atoms with Crippen molar-refractivity contribution in [2.75, 3.05) is 10.6 Å². The summed E-state index contributed by atoms with van der Waals surface area (Å²) in [6, 6.07) is 14.2. The fourth-order valence-corrected chi connectivity index (χ4v) is 1.98. The Labute approximate surface area is 140 Å². The van der Waals surface area contributed by atoms with E-state index in [2.05, 4.69) is 10.6 Å². The van der Waals surface area contributed by atoms with Gasteiger partial charge in [-0.1, -0.05) is 36.7 Å². The van der Waals surface area contributed by atoms with Crippen LogP contribution < -0.4 is 10.6 Å². The molecule has 2 N–H and O–H groups in total. The first-order valence-electron chi connectivity index (χ1n) is 7.21. The summed E-state index contributed by atoms with van der Waals surface area (Å²) in [5.74, 6) is -0.324. The molecule has 0 atom stereocenters. The minimum absolute atomic E-state index is 0.0730. The predicted molar refractivity (Wildman–Crippen MR) is 94.5 cm³/mol. The minimum atomic E-state index is -0.251. The highest BCUT2D eigenvalue weighted by molar-refractivity contribution is 6.30. The van der Waals surface area contributed by atoms with Gasteiger partial charge in [-0.05, 0) is 42.0 Å². The van der Waals surface area contributed by atoms with Gasteiger partial charge >= 0.3 is 0 Å². The van der Waals surface area contributed by atoms with Gasteiger partial charge in [0.15, 0.2) is 0 Å². The fraction of sp³-hybridized carbons (Fsp3) is 0.111. The summed E-state index contributed by atoms with van der Waals surface area (Å²) in [4.78, 5) is 23.3. The van der Waals surface area contributed by atoms with Crippen LogP contribution in [0.5, 0.6) is 0 Å². The highest BCUT2D eigenvalue weighted by Crippen LogP contribution is 2.16. The topological polar surface area (TPSA) is 58.2 Å². The van der Waals surface area contributed by atoms with E-state index in [0.29, 0.717) is 22.8 Å². The lowest BCUT2D eigenvalue weighted by atomic mass is 10.2. The summed E-state index contributed by atoms with van der Waals surface area (Å²) < 4.78 is 0. The third-order valence-corrected chi connectivity index (χ3v) is 3.28. The molecule has 0 saturated carbocycles. The Morgan fingerprint density at radius 3 is 2.35 bits per heavy atom. The lowest BCUT2D eigenvalue weighted by Crippen LogP contribution is -2.11. The minimum Gasteiger partial charge on any atom is -0.326 e. The highest BCUT2D eigenvalue weighted by atomic mass is 35.5. The molecule has 5 heteroatoms. The van der Waals surface area contributed by atoms with Crippen molar-refractivity contribution in [3.63, 3.8) is 0 Å². The first kappa shape index (κ1) is 16.8. The predicted octanol–water partition coefficient (Wildman–Crippen LogP) is 4.34. The molecule has 2 amide bonds. The van der Waals surface area contributed by atoms with E-state index in [0.717, 1.165) is 5.56 Å². The van der Waals surface area contributed by atoms with Crippen LogP contribution in [0.3, 0.4) is 0 Å². The Morgan fingerprint density at radius 2 is 1.70 bits per heavy atom. The van der Waals surface area contributed by atoms with E-state index < -0.39 is 0 Å². The number of rotatable bonds is 5. The molecule has 0 aliphatic rings. The molecular formula is C18H17ClN2O2. The SMILES string of the molecule is CCC(=O)Nc1cccc(NC(=O)C=Cc2ccc(Cl)cc2)c1. The number of hydrogen-bond donors (Lipinski definition) is 2. The molecular weight excluding hydrogens is 312 g/mol. The van der Waals surface area contributed by atoms with Crippen LogP contribution in [0.4, 0.5) is 11.4 Å². The van der Waals surface area contributed by atoms with Crippen molar-refractivity contribution in [2.24, 2.45) is 0 Å². The number of carbonyl (C=O) groups is 2. The monoisotopic (exact) mass is 328 g/mol. The zero-order chi connectivity index (χ0) is 16.7. The average Bonchev–Trinajstić information content (AvgIpc) is 2.54. The number of amides is 2. The smallest absolute Gasteiger partial charge is 0.248 e. The summed E-state index contributed by atoms with van der Waals surface area (Å²) in [6.45, 7) is 1.78. The van der Waals surface area contributed by atoms with Crippen molar-refractivity contribution in [1.29, 1.82) is 0 Å². The number of halogens is 1. The maximum atomic E-state index is 11.9. The Hall–Kier alpha value is -2.59. The standard InChI is InChI=1S/C18H17ClN2O2/c1-2-17(22)20-15-4-3-5-16(12-15)21-18(23)11-8-13-6-9-14(19)10-7-13/h3-12H,2H2,1H3,(H,20,22)(H,21,23). The number of nitrogens with one attached hydrogen (secondary N) is 2. The second kappa shape index (κ2) is 8.15. The van der Waals surface area contributed by atoms with E-state index in [1.54, 1.807) is 49.4 Å². The Bertz CT molecular complexity index is 724. The number of carbonyl (C=O) groups excluding carboxylic acids is 2. The van der Waals surface area contributed by atoms with Crippen LogP contribution in [-0.4, -0.2) is 11.8 Å². The number of hydrogen-bond acceptors (Lipinski definition) is 2. The first-order chi connectivity index (χ1) is 11.1. The average molecular weight is 329 g/mol. The zero-order valence-electron chi connectivity index (χ0n) is 12.7. The van der Waals surface area contributed by atoms with Crippen molar-refractivity contribution in [3.8, 4) is 0 Å². The molecule has 0 bridgehead atoms. The maximum absolute atomic E-state index is 11.9. The van der Waals surface area contributed by atoms with Gasteiger partial charge in [0.25, 0.3) is 0 Å². The van der Waals surface area contributed by atoms with Crippen molar-refractivity contribution in [2.45, 2.75) is 13.3 Å². The van der Waals surface area contributed by atoms with Crippen molar-refractivity contribution < 1.29 is 9.59 Å². The van der Waals surface area contributed by atoms with Gasteiger partial charge in [-0.2, -0.15) is 0 Å². The van der Waals surface area contributed by atoms with Gasteiger partial charge < -0.3 is 10.6 Å². The highest BCUT2D eigenvalue weighted by Gasteiger charge is 2.02. The second-order valence-corrected chi connectivity index (χ2v) is 5.29. The van der Waals surface area contributed by atoms with E-state index in [9.17, 15) is 9.59 Å². The fourth-order valence-electron chi connectivity index (χ4n) is 1.85. The molecule has 0 saturated heterocycles. The van der Waals surface area contributed by atoms with Gasteiger partial charge in [-0.15, -0.1) is 0 Å². The normalized spacial score (nSPS) is 10.5. The van der Waals surface area contributed by atoms with Crippen molar-refractivity contribution >= 4 is 40.9 Å². The third-order valence-electron chi connectivity index (χ3n) is 3.03. The Kier molecular flexibility index (Phi) is 5.94. The van der Waals surface area contributed by atoms with Gasteiger partial charge in [0, 0.05) is 28.9 Å². The molecule has 0 fully saturated rings. The molecule has 118 valence electrons. The summed E-state index contributed by atoms with van der Waals surface area (Å²) in [5, 5.41) is 6.15. The number of anilines is 2. The van der Waals surface area contributed by atoms with Crippen LogP contribution in [0, 0.1) is 0 Å². The van der Waals surface area contributed by atoms with Crippen LogP contribution in [-0.2, 0) is 9.59 Å². The Morgan fingerprint density at radius 1 is 1.04 bits per heavy atom. The molecule has 23 heavy (non-hydrogen) atoms. The van der Waals surface area contributed by atoms with Crippen molar-refractivity contribution in [1.82, 2.24) is 0 Å². The molecule has 2 rings (SSSR count). The van der Waals surface area contributed by atoms with Gasteiger partial charge in [-0.3, -0.25) is 9.59 Å². The van der Waals surface area contributed by atoms with Gasteiger partial charge in [0.2, 0.25) is 11.8 Å². The quantitative estimate of drug-likeness (QED) is 0.802. The maximum Gasteiger partial charge on any atom is 0.248 e. The molecule has 0 spiro atoms. The first-order valence-corrected chi connectivity index (χ1v) is 7.59. The van der Waals surface area contributed by atoms with E-state index in [-0.39, 0.29) is 11.8 Å². The summed E-state index contributed by atoms with van der Waals surface area (Å²) in [6.07, 6.45) is 3.55. The largest absolute Gasteiger partial charge is 0.326 e. The molecule has 4 nitrogen and oxygen atoms in total. The Balaban J connectivity index is 1.98. The lowest BCUT2D eigenvalue weighted by Gasteiger charge is -2.07. The second-order valence-electron chi connectivity index (χ2n) is 4.86. The van der Waals surface area contributed by atoms with Crippen molar-refractivity contribution in [3.05, 3.63) is 65.2 Å². The third kappa shape index (κ3) is 5.60. The summed E-state index contributed by atoms with van der Waals surface area (Å²) >= 11 is 5.81. The van der Waals surface area contributed by atoms with Crippen LogP contribution >= 0.6 is 11.6 Å². The summed E-state index contributed by atoms with van der Waals surface area (Å²) in [7, 11) is 0. The molecule has 0 aliphatic heterocycles. The van der Waals surface area contributed by atoms with Gasteiger partial charge in [0.1, 0.15) is 0 Å². The van der Waals surface area contributed by atoms with Crippen LogP contribution in [0.25, 0.3) is 6.08 Å². The molecule has 0 aromatic heterocycles. The van der Waals surface area contributed by atoms with E-state index >= 15 is 0 Å². The molecule has 2 aromatic carbocycles. The zero-order valence-corrected chi connectivity index (χ0v) is 13.4. The molecule has 0 heterocycles. The van der Waals surface area contributed by atoms with Gasteiger partial charge in [0.05, 0.1) is 0 Å².